The maximum Gasteiger partial charge on any atom is 0.338 e. The van der Waals surface area contributed by atoms with Crippen LogP contribution in [-0.2, 0) is 9.47 Å². The average molecular weight is 238 g/mol. The van der Waals surface area contributed by atoms with Gasteiger partial charge in [-0.25, -0.2) is 4.79 Å². The van der Waals surface area contributed by atoms with Gasteiger partial charge in [-0.2, -0.15) is 0 Å². The highest BCUT2D eigenvalue weighted by atomic mass is 16.7. The van der Waals surface area contributed by atoms with Crippen molar-refractivity contribution in [3.63, 3.8) is 0 Å². The molecule has 0 N–H and O–H groups in total. The first-order chi connectivity index (χ1) is 8.27. The van der Waals surface area contributed by atoms with Gasteiger partial charge in [0, 0.05) is 7.11 Å². The van der Waals surface area contributed by atoms with Crippen molar-refractivity contribution in [3.8, 4) is 5.75 Å². The van der Waals surface area contributed by atoms with E-state index >= 15 is 0 Å². The van der Waals surface area contributed by atoms with Crippen LogP contribution in [0, 0.1) is 0 Å². The molecule has 94 valence electrons. The van der Waals surface area contributed by atoms with Gasteiger partial charge in [-0.3, -0.25) is 0 Å². The fourth-order valence-corrected chi connectivity index (χ4v) is 1.21. The summed E-state index contributed by atoms with van der Waals surface area (Å²) in [5.41, 5.74) is 0.533. The van der Waals surface area contributed by atoms with E-state index in [4.69, 9.17) is 14.2 Å². The van der Waals surface area contributed by atoms with Gasteiger partial charge in [-0.05, 0) is 30.7 Å². The molecule has 0 atom stereocenters. The zero-order chi connectivity index (χ0) is 12.5. The van der Waals surface area contributed by atoms with Crippen LogP contribution < -0.4 is 4.74 Å². The number of rotatable bonds is 7. The number of esters is 1. The summed E-state index contributed by atoms with van der Waals surface area (Å²) >= 11 is 0. The van der Waals surface area contributed by atoms with E-state index in [1.165, 1.54) is 0 Å². The lowest BCUT2D eigenvalue weighted by molar-refractivity contribution is 0.0496. The van der Waals surface area contributed by atoms with Gasteiger partial charge in [0.2, 0.25) is 0 Å². The lowest BCUT2D eigenvalue weighted by atomic mass is 10.2. The highest BCUT2D eigenvalue weighted by Gasteiger charge is 2.06. The van der Waals surface area contributed by atoms with Gasteiger partial charge in [-0.15, -0.1) is 0 Å². The SMILES string of the molecule is CCCCOC(=O)c1ccc(OCOC)cc1. The van der Waals surface area contributed by atoms with Crippen LogP contribution in [0.15, 0.2) is 24.3 Å². The van der Waals surface area contributed by atoms with Crippen LogP contribution in [0.3, 0.4) is 0 Å². The zero-order valence-corrected chi connectivity index (χ0v) is 10.3. The Morgan fingerprint density at radius 2 is 1.94 bits per heavy atom. The number of carbonyl (C=O) groups excluding carboxylic acids is 1. The van der Waals surface area contributed by atoms with Crippen LogP contribution >= 0.6 is 0 Å². The van der Waals surface area contributed by atoms with Crippen molar-refractivity contribution in [3.05, 3.63) is 29.8 Å². The first-order valence-electron chi connectivity index (χ1n) is 5.67. The Morgan fingerprint density at radius 1 is 1.24 bits per heavy atom. The maximum atomic E-state index is 11.6. The Bertz CT molecular complexity index is 332. The minimum atomic E-state index is -0.295. The van der Waals surface area contributed by atoms with Crippen LogP contribution in [0.5, 0.6) is 5.75 Å². The molecule has 0 spiro atoms. The van der Waals surface area contributed by atoms with Crippen LogP contribution in [-0.4, -0.2) is 26.5 Å². The highest BCUT2D eigenvalue weighted by molar-refractivity contribution is 5.89. The van der Waals surface area contributed by atoms with Crippen LogP contribution in [0.2, 0.25) is 0 Å². The molecule has 1 aromatic rings. The lowest BCUT2D eigenvalue weighted by Gasteiger charge is -2.06. The number of carbonyl (C=O) groups is 1. The predicted molar refractivity (Wildman–Crippen MR) is 64.1 cm³/mol. The topological polar surface area (TPSA) is 44.8 Å². The molecule has 17 heavy (non-hydrogen) atoms. The summed E-state index contributed by atoms with van der Waals surface area (Å²) < 4.78 is 15.1. The molecule has 0 unspecified atom stereocenters. The molecule has 0 aliphatic carbocycles. The van der Waals surface area contributed by atoms with E-state index < -0.39 is 0 Å². The minimum Gasteiger partial charge on any atom is -0.468 e. The summed E-state index contributed by atoms with van der Waals surface area (Å²) in [5.74, 6) is 0.369. The van der Waals surface area contributed by atoms with Gasteiger partial charge in [0.25, 0.3) is 0 Å². The minimum absolute atomic E-state index is 0.195. The van der Waals surface area contributed by atoms with E-state index in [0.29, 0.717) is 17.9 Å². The Labute approximate surface area is 101 Å². The van der Waals surface area contributed by atoms with Crippen LogP contribution in [0.1, 0.15) is 30.1 Å². The molecule has 0 bridgehead atoms. The van der Waals surface area contributed by atoms with E-state index in [-0.39, 0.29) is 12.8 Å². The molecule has 1 rings (SSSR count). The normalized spacial score (nSPS) is 10.0. The molecule has 0 fully saturated rings. The Hall–Kier alpha value is -1.55. The maximum absolute atomic E-state index is 11.6. The molecule has 0 saturated heterocycles. The second kappa shape index (κ2) is 7.68. The van der Waals surface area contributed by atoms with Crippen molar-refractivity contribution < 1.29 is 19.0 Å². The Kier molecular flexibility index (Phi) is 6.10. The summed E-state index contributed by atoms with van der Waals surface area (Å²) in [5, 5.41) is 0. The van der Waals surface area contributed by atoms with Gasteiger partial charge in [0.05, 0.1) is 12.2 Å². The third-order valence-electron chi connectivity index (χ3n) is 2.16. The summed E-state index contributed by atoms with van der Waals surface area (Å²) in [6.07, 6.45) is 1.90. The van der Waals surface area contributed by atoms with Gasteiger partial charge < -0.3 is 14.2 Å². The second-order valence-corrected chi connectivity index (χ2v) is 3.56. The third kappa shape index (κ3) is 4.87. The van der Waals surface area contributed by atoms with Crippen molar-refractivity contribution in [2.75, 3.05) is 20.5 Å². The summed E-state index contributed by atoms with van der Waals surface area (Å²) in [6, 6.07) is 6.80. The summed E-state index contributed by atoms with van der Waals surface area (Å²) in [7, 11) is 1.56. The largest absolute Gasteiger partial charge is 0.468 e. The van der Waals surface area contributed by atoms with Crippen molar-refractivity contribution in [2.45, 2.75) is 19.8 Å². The second-order valence-electron chi connectivity index (χ2n) is 3.56. The van der Waals surface area contributed by atoms with E-state index in [1.54, 1.807) is 31.4 Å². The van der Waals surface area contributed by atoms with Gasteiger partial charge >= 0.3 is 5.97 Å². The first-order valence-corrected chi connectivity index (χ1v) is 5.67. The molecule has 4 nitrogen and oxygen atoms in total. The molecular weight excluding hydrogens is 220 g/mol. The van der Waals surface area contributed by atoms with Crippen LogP contribution in [0.4, 0.5) is 0 Å². The van der Waals surface area contributed by atoms with Crippen molar-refractivity contribution >= 4 is 5.97 Å². The lowest BCUT2D eigenvalue weighted by Crippen LogP contribution is -2.06. The van der Waals surface area contributed by atoms with Crippen molar-refractivity contribution in [2.24, 2.45) is 0 Å². The smallest absolute Gasteiger partial charge is 0.338 e. The third-order valence-corrected chi connectivity index (χ3v) is 2.16. The molecule has 0 heterocycles. The summed E-state index contributed by atoms with van der Waals surface area (Å²) in [4.78, 5) is 11.6. The molecule has 4 heteroatoms. The van der Waals surface area contributed by atoms with E-state index in [9.17, 15) is 4.79 Å². The van der Waals surface area contributed by atoms with Gasteiger partial charge in [-0.1, -0.05) is 13.3 Å². The quantitative estimate of drug-likeness (QED) is 0.416. The highest BCUT2D eigenvalue weighted by Crippen LogP contribution is 2.13. The number of methoxy groups -OCH3 is 1. The molecular formula is C13H18O4. The first kappa shape index (κ1) is 13.5. The van der Waals surface area contributed by atoms with E-state index in [0.717, 1.165) is 12.8 Å². The average Bonchev–Trinajstić information content (AvgIpc) is 2.37. The monoisotopic (exact) mass is 238 g/mol. The van der Waals surface area contributed by atoms with Crippen LogP contribution in [0.25, 0.3) is 0 Å². The standard InChI is InChI=1S/C13H18O4/c1-3-4-9-16-13(14)11-5-7-12(8-6-11)17-10-15-2/h5-8H,3-4,9-10H2,1-2H3. The Balaban J connectivity index is 2.46. The van der Waals surface area contributed by atoms with E-state index in [1.807, 2.05) is 0 Å². The van der Waals surface area contributed by atoms with Gasteiger partial charge in [0.1, 0.15) is 5.75 Å². The molecule has 0 aromatic heterocycles. The molecule has 0 saturated carbocycles. The number of benzene rings is 1. The number of unbranched alkanes of at least 4 members (excludes halogenated alkanes) is 1. The fraction of sp³-hybridized carbons (Fsp3) is 0.462. The van der Waals surface area contributed by atoms with Crippen molar-refractivity contribution in [1.82, 2.24) is 0 Å². The number of ether oxygens (including phenoxy) is 3. The van der Waals surface area contributed by atoms with Gasteiger partial charge in [0.15, 0.2) is 6.79 Å². The molecule has 0 aliphatic heterocycles. The van der Waals surface area contributed by atoms with E-state index in [2.05, 4.69) is 6.92 Å². The fourth-order valence-electron chi connectivity index (χ4n) is 1.21. The number of hydrogen-bond donors (Lipinski definition) is 0. The number of hydrogen-bond acceptors (Lipinski definition) is 4. The molecule has 1 aromatic carbocycles. The zero-order valence-electron chi connectivity index (χ0n) is 10.3. The molecule has 0 amide bonds. The summed E-state index contributed by atoms with van der Waals surface area (Å²) in [6.45, 7) is 2.72. The molecule has 0 aliphatic rings. The van der Waals surface area contributed by atoms with Crippen molar-refractivity contribution in [1.29, 1.82) is 0 Å². The molecule has 0 radical (unpaired) electrons. The Morgan fingerprint density at radius 3 is 2.53 bits per heavy atom. The predicted octanol–water partition coefficient (Wildman–Crippen LogP) is 2.63.